The largest absolute Gasteiger partial charge is 0.0850 e. The SMILES string of the molecule is C[C@]1(Br)CC12CCCCC2. The molecule has 2 rings (SSSR count). The monoisotopic (exact) mass is 202 g/mol. The van der Waals surface area contributed by atoms with Crippen molar-refractivity contribution >= 4 is 15.9 Å². The minimum absolute atomic E-state index is 0.528. The van der Waals surface area contributed by atoms with Crippen LogP contribution in [0, 0.1) is 5.41 Å². The Kier molecular flexibility index (Phi) is 1.43. The van der Waals surface area contributed by atoms with Crippen molar-refractivity contribution in [3.8, 4) is 0 Å². The molecule has 0 heterocycles. The Morgan fingerprint density at radius 3 is 1.90 bits per heavy atom. The van der Waals surface area contributed by atoms with Gasteiger partial charge in [0.25, 0.3) is 0 Å². The van der Waals surface area contributed by atoms with E-state index in [1.165, 1.54) is 38.5 Å². The van der Waals surface area contributed by atoms with Crippen LogP contribution in [0.1, 0.15) is 45.4 Å². The molecule has 0 aliphatic heterocycles. The lowest BCUT2D eigenvalue weighted by Gasteiger charge is -2.23. The molecule has 0 amide bonds. The summed E-state index contributed by atoms with van der Waals surface area (Å²) in [6.45, 7) is 2.36. The Bertz CT molecular complexity index is 143. The summed E-state index contributed by atoms with van der Waals surface area (Å²) in [5, 5.41) is 0. The average molecular weight is 203 g/mol. The molecule has 0 N–H and O–H groups in total. The quantitative estimate of drug-likeness (QED) is 0.528. The lowest BCUT2D eigenvalue weighted by molar-refractivity contribution is 0.323. The smallest absolute Gasteiger partial charge is 0.0292 e. The van der Waals surface area contributed by atoms with Gasteiger partial charge in [-0.05, 0) is 31.6 Å². The van der Waals surface area contributed by atoms with E-state index in [0.717, 1.165) is 5.41 Å². The van der Waals surface area contributed by atoms with Gasteiger partial charge in [-0.1, -0.05) is 35.2 Å². The summed E-state index contributed by atoms with van der Waals surface area (Å²) >= 11 is 3.80. The van der Waals surface area contributed by atoms with Crippen LogP contribution in [0.15, 0.2) is 0 Å². The van der Waals surface area contributed by atoms with Crippen molar-refractivity contribution in [1.29, 1.82) is 0 Å². The molecule has 0 aromatic carbocycles. The van der Waals surface area contributed by atoms with E-state index < -0.39 is 0 Å². The number of alkyl halides is 1. The van der Waals surface area contributed by atoms with Crippen molar-refractivity contribution in [2.45, 2.75) is 49.8 Å². The van der Waals surface area contributed by atoms with Gasteiger partial charge in [0.1, 0.15) is 0 Å². The number of hydrogen-bond acceptors (Lipinski definition) is 0. The molecule has 0 unspecified atom stereocenters. The Balaban J connectivity index is 2.05. The molecule has 0 saturated heterocycles. The van der Waals surface area contributed by atoms with Crippen LogP contribution < -0.4 is 0 Å². The molecule has 10 heavy (non-hydrogen) atoms. The Labute approximate surface area is 71.5 Å². The van der Waals surface area contributed by atoms with Crippen LogP contribution >= 0.6 is 15.9 Å². The van der Waals surface area contributed by atoms with Gasteiger partial charge in [-0.3, -0.25) is 0 Å². The van der Waals surface area contributed by atoms with Crippen molar-refractivity contribution in [2.24, 2.45) is 5.41 Å². The third kappa shape index (κ3) is 0.861. The van der Waals surface area contributed by atoms with E-state index in [1.807, 2.05) is 0 Å². The summed E-state index contributed by atoms with van der Waals surface area (Å²) in [6.07, 6.45) is 8.82. The van der Waals surface area contributed by atoms with Gasteiger partial charge in [-0.25, -0.2) is 0 Å². The maximum absolute atomic E-state index is 3.80. The van der Waals surface area contributed by atoms with Crippen LogP contribution in [0.3, 0.4) is 0 Å². The molecular formula is C9H15Br. The van der Waals surface area contributed by atoms with Crippen molar-refractivity contribution in [1.82, 2.24) is 0 Å². The third-order valence-electron chi connectivity index (χ3n) is 3.46. The molecule has 0 nitrogen and oxygen atoms in total. The lowest BCUT2D eigenvalue weighted by atomic mass is 9.85. The minimum atomic E-state index is 0.528. The first-order valence-corrected chi connectivity index (χ1v) is 5.15. The van der Waals surface area contributed by atoms with Gasteiger partial charge in [0.15, 0.2) is 0 Å². The summed E-state index contributed by atoms with van der Waals surface area (Å²) in [7, 11) is 0. The van der Waals surface area contributed by atoms with Crippen LogP contribution in [0.4, 0.5) is 0 Å². The zero-order chi connectivity index (χ0) is 7.24. The second-order valence-corrected chi connectivity index (χ2v) is 5.97. The molecule has 0 bridgehead atoms. The molecule has 1 spiro atoms. The lowest BCUT2D eigenvalue weighted by Crippen LogP contribution is -2.14. The number of hydrogen-bond donors (Lipinski definition) is 0. The van der Waals surface area contributed by atoms with Gasteiger partial charge in [0, 0.05) is 4.32 Å². The molecule has 2 aliphatic rings. The summed E-state index contributed by atoms with van der Waals surface area (Å²) in [5.74, 6) is 0. The normalized spacial score (nSPS) is 43.8. The summed E-state index contributed by atoms with van der Waals surface area (Å²) < 4.78 is 0.528. The minimum Gasteiger partial charge on any atom is -0.0850 e. The maximum atomic E-state index is 3.80. The first-order valence-electron chi connectivity index (χ1n) is 4.35. The standard InChI is InChI=1S/C9H15Br/c1-8(10)7-9(8)5-3-2-4-6-9/h2-7H2,1H3/t8-/m0/s1. The fourth-order valence-electron chi connectivity index (χ4n) is 2.52. The molecule has 2 fully saturated rings. The van der Waals surface area contributed by atoms with Gasteiger partial charge in [0.05, 0.1) is 0 Å². The molecule has 0 aromatic heterocycles. The average Bonchev–Trinajstić information content (AvgIpc) is 2.36. The Hall–Kier alpha value is 0.480. The predicted molar refractivity (Wildman–Crippen MR) is 47.5 cm³/mol. The summed E-state index contributed by atoms with van der Waals surface area (Å²) in [5.41, 5.74) is 0.741. The van der Waals surface area contributed by atoms with E-state index >= 15 is 0 Å². The number of rotatable bonds is 0. The highest BCUT2D eigenvalue weighted by molar-refractivity contribution is 9.10. The van der Waals surface area contributed by atoms with Gasteiger partial charge in [-0.15, -0.1) is 0 Å². The molecule has 0 aromatic rings. The van der Waals surface area contributed by atoms with Crippen LogP contribution in [0.5, 0.6) is 0 Å². The van der Waals surface area contributed by atoms with E-state index in [2.05, 4.69) is 22.9 Å². The zero-order valence-corrected chi connectivity index (χ0v) is 8.21. The molecular weight excluding hydrogens is 188 g/mol. The van der Waals surface area contributed by atoms with E-state index in [-0.39, 0.29) is 0 Å². The van der Waals surface area contributed by atoms with Gasteiger partial charge in [0.2, 0.25) is 0 Å². The maximum Gasteiger partial charge on any atom is 0.0292 e. The topological polar surface area (TPSA) is 0 Å². The first kappa shape index (κ1) is 7.15. The fraction of sp³-hybridized carbons (Fsp3) is 1.00. The van der Waals surface area contributed by atoms with Crippen molar-refractivity contribution < 1.29 is 0 Å². The van der Waals surface area contributed by atoms with Gasteiger partial charge >= 0.3 is 0 Å². The van der Waals surface area contributed by atoms with Crippen LogP contribution in [-0.2, 0) is 0 Å². The molecule has 2 aliphatic carbocycles. The van der Waals surface area contributed by atoms with Gasteiger partial charge < -0.3 is 0 Å². The molecule has 0 radical (unpaired) electrons. The van der Waals surface area contributed by atoms with E-state index in [9.17, 15) is 0 Å². The van der Waals surface area contributed by atoms with E-state index in [4.69, 9.17) is 0 Å². The molecule has 1 atom stereocenters. The Morgan fingerprint density at radius 1 is 1.10 bits per heavy atom. The predicted octanol–water partition coefficient (Wildman–Crippen LogP) is 3.49. The summed E-state index contributed by atoms with van der Waals surface area (Å²) in [6, 6.07) is 0. The second-order valence-electron chi connectivity index (χ2n) is 4.22. The first-order chi connectivity index (χ1) is 4.66. The molecule has 58 valence electrons. The van der Waals surface area contributed by atoms with Crippen molar-refractivity contribution in [2.75, 3.05) is 0 Å². The summed E-state index contributed by atoms with van der Waals surface area (Å²) in [4.78, 5) is 0. The number of halogens is 1. The van der Waals surface area contributed by atoms with Crippen LogP contribution in [0.25, 0.3) is 0 Å². The third-order valence-corrected chi connectivity index (χ3v) is 4.58. The second kappa shape index (κ2) is 2.00. The van der Waals surface area contributed by atoms with E-state index in [0.29, 0.717) is 4.32 Å². The Morgan fingerprint density at radius 2 is 1.60 bits per heavy atom. The highest BCUT2D eigenvalue weighted by Gasteiger charge is 2.61. The molecule has 1 heteroatoms. The zero-order valence-electron chi connectivity index (χ0n) is 6.62. The van der Waals surface area contributed by atoms with Gasteiger partial charge in [-0.2, -0.15) is 0 Å². The fourth-order valence-corrected chi connectivity index (χ4v) is 3.45. The molecule has 2 saturated carbocycles. The van der Waals surface area contributed by atoms with Crippen molar-refractivity contribution in [3.05, 3.63) is 0 Å². The highest BCUT2D eigenvalue weighted by Crippen LogP contribution is 2.68. The van der Waals surface area contributed by atoms with Crippen LogP contribution in [0.2, 0.25) is 0 Å². The van der Waals surface area contributed by atoms with Crippen LogP contribution in [-0.4, -0.2) is 4.32 Å². The van der Waals surface area contributed by atoms with Crippen molar-refractivity contribution in [3.63, 3.8) is 0 Å². The van der Waals surface area contributed by atoms with E-state index in [1.54, 1.807) is 0 Å². The highest BCUT2D eigenvalue weighted by atomic mass is 79.9.